The van der Waals surface area contributed by atoms with Gasteiger partial charge in [-0.15, -0.1) is 0 Å². The van der Waals surface area contributed by atoms with Gasteiger partial charge in [-0.3, -0.25) is 4.79 Å². The minimum absolute atomic E-state index is 0.131. The van der Waals surface area contributed by atoms with Gasteiger partial charge in [0.2, 0.25) is 0 Å². The molecule has 3 rings (SSSR count). The van der Waals surface area contributed by atoms with Crippen LogP contribution in [0.2, 0.25) is 0 Å². The van der Waals surface area contributed by atoms with Crippen LogP contribution in [0.25, 0.3) is 10.2 Å². The van der Waals surface area contributed by atoms with Crippen molar-refractivity contribution in [2.24, 2.45) is 4.99 Å². The lowest BCUT2D eigenvalue weighted by atomic mass is 10.0. The molecule has 1 heterocycles. The molecular weight excluding hydrogens is 412 g/mol. The summed E-state index contributed by atoms with van der Waals surface area (Å²) in [5.74, 6) is -0.131. The first-order valence-corrected chi connectivity index (χ1v) is 10.0. The van der Waals surface area contributed by atoms with Crippen molar-refractivity contribution in [3.05, 3.63) is 62.4 Å². The summed E-state index contributed by atoms with van der Waals surface area (Å²) in [4.78, 5) is 17.7. The fraction of sp³-hybridized carbons (Fsp3) is 0.300. The molecule has 0 atom stereocenters. The number of nitrogens with zero attached hydrogens (tertiary/aromatic N) is 2. The third-order valence-electron chi connectivity index (χ3n) is 4.22. The van der Waals surface area contributed by atoms with Gasteiger partial charge < -0.3 is 9.30 Å². The maximum Gasteiger partial charge on any atom is 0.252 e. The van der Waals surface area contributed by atoms with Gasteiger partial charge in [-0.25, -0.2) is 0 Å². The van der Waals surface area contributed by atoms with Crippen LogP contribution in [0.3, 0.4) is 0 Å². The number of carbonyl (C=O) groups excluding carboxylic acids is 1. The van der Waals surface area contributed by atoms with Gasteiger partial charge in [-0.1, -0.05) is 51.0 Å². The molecule has 0 aliphatic rings. The van der Waals surface area contributed by atoms with E-state index in [-0.39, 0.29) is 5.91 Å². The lowest BCUT2D eigenvalue weighted by molar-refractivity contribution is -0.117. The van der Waals surface area contributed by atoms with E-state index >= 15 is 0 Å². The highest BCUT2D eigenvalue weighted by Gasteiger charge is 2.10. The number of hydrogen-bond acceptors (Lipinski definition) is 3. The number of aromatic nitrogens is 1. The van der Waals surface area contributed by atoms with Crippen molar-refractivity contribution in [2.45, 2.75) is 26.8 Å². The number of rotatable bonds is 5. The highest BCUT2D eigenvalue weighted by Crippen LogP contribution is 2.22. The normalized spacial score (nSPS) is 12.1. The van der Waals surface area contributed by atoms with E-state index in [9.17, 15) is 4.79 Å². The van der Waals surface area contributed by atoms with E-state index in [2.05, 4.69) is 44.5 Å². The van der Waals surface area contributed by atoms with E-state index in [0.29, 0.717) is 24.4 Å². The molecule has 0 aliphatic heterocycles. The van der Waals surface area contributed by atoms with Gasteiger partial charge in [-0.05, 0) is 43.2 Å². The molecule has 2 aromatic carbocycles. The zero-order valence-electron chi connectivity index (χ0n) is 15.1. The molecule has 0 saturated carbocycles. The number of carbonyl (C=O) groups is 1. The Kier molecular flexibility index (Phi) is 6.06. The largest absolute Gasteiger partial charge is 0.383 e. The Morgan fingerprint density at radius 3 is 2.77 bits per heavy atom. The maximum atomic E-state index is 12.6. The molecule has 0 N–H and O–H groups in total. The van der Waals surface area contributed by atoms with E-state index < -0.39 is 0 Å². The van der Waals surface area contributed by atoms with Gasteiger partial charge in [0.15, 0.2) is 4.80 Å². The van der Waals surface area contributed by atoms with Gasteiger partial charge in [0.1, 0.15) is 0 Å². The zero-order valence-corrected chi connectivity index (χ0v) is 17.5. The van der Waals surface area contributed by atoms with Crippen molar-refractivity contribution in [1.82, 2.24) is 4.57 Å². The van der Waals surface area contributed by atoms with Crippen molar-refractivity contribution in [1.29, 1.82) is 0 Å². The standard InChI is InChI=1S/C20H21BrN2O2S/c1-13-4-5-15(14(2)10-13)11-19(24)22-20-23(8-9-25-3)17-7-6-16(21)12-18(17)26-20/h4-7,10,12H,8-9,11H2,1-3H3. The molecule has 0 fully saturated rings. The fourth-order valence-corrected chi connectivity index (χ4v) is 4.51. The summed E-state index contributed by atoms with van der Waals surface area (Å²) in [6, 6.07) is 12.2. The van der Waals surface area contributed by atoms with Crippen molar-refractivity contribution in [3.63, 3.8) is 0 Å². The first-order valence-electron chi connectivity index (χ1n) is 8.39. The third-order valence-corrected chi connectivity index (χ3v) is 5.76. The smallest absolute Gasteiger partial charge is 0.252 e. The molecule has 136 valence electrons. The Morgan fingerprint density at radius 1 is 1.23 bits per heavy atom. The molecule has 0 spiro atoms. The van der Waals surface area contributed by atoms with Crippen molar-refractivity contribution >= 4 is 43.4 Å². The number of methoxy groups -OCH3 is 1. The summed E-state index contributed by atoms with van der Waals surface area (Å²) >= 11 is 5.03. The highest BCUT2D eigenvalue weighted by atomic mass is 79.9. The van der Waals surface area contributed by atoms with Crippen LogP contribution < -0.4 is 4.80 Å². The van der Waals surface area contributed by atoms with Crippen LogP contribution in [0, 0.1) is 13.8 Å². The quantitative estimate of drug-likeness (QED) is 0.599. The van der Waals surface area contributed by atoms with Gasteiger partial charge >= 0.3 is 0 Å². The summed E-state index contributed by atoms with van der Waals surface area (Å²) in [6.45, 7) is 5.32. The van der Waals surface area contributed by atoms with Crippen LogP contribution in [0.15, 0.2) is 45.9 Å². The summed E-state index contributed by atoms with van der Waals surface area (Å²) in [5, 5.41) is 0. The fourth-order valence-electron chi connectivity index (χ4n) is 2.88. The maximum absolute atomic E-state index is 12.6. The molecule has 26 heavy (non-hydrogen) atoms. The Hall–Kier alpha value is -1.76. The highest BCUT2D eigenvalue weighted by molar-refractivity contribution is 9.10. The summed E-state index contributed by atoms with van der Waals surface area (Å²) < 4.78 is 9.37. The SMILES string of the molecule is COCCn1c(=NC(=O)Cc2ccc(C)cc2C)sc2cc(Br)ccc21. The molecule has 0 saturated heterocycles. The van der Waals surface area contributed by atoms with Crippen LogP contribution in [-0.2, 0) is 22.5 Å². The summed E-state index contributed by atoms with van der Waals surface area (Å²) in [7, 11) is 1.67. The molecule has 0 radical (unpaired) electrons. The van der Waals surface area contributed by atoms with Gasteiger partial charge in [-0.2, -0.15) is 4.99 Å². The predicted octanol–water partition coefficient (Wildman–Crippen LogP) is 4.40. The Morgan fingerprint density at radius 2 is 2.04 bits per heavy atom. The molecule has 3 aromatic rings. The average Bonchev–Trinajstić information content (AvgIpc) is 2.91. The van der Waals surface area contributed by atoms with E-state index in [1.807, 2.05) is 31.2 Å². The predicted molar refractivity (Wildman–Crippen MR) is 110 cm³/mol. The molecule has 4 nitrogen and oxygen atoms in total. The van der Waals surface area contributed by atoms with E-state index in [1.54, 1.807) is 7.11 Å². The van der Waals surface area contributed by atoms with E-state index in [0.717, 1.165) is 25.8 Å². The molecular formula is C20H21BrN2O2S. The Labute approximate surface area is 165 Å². The van der Waals surface area contributed by atoms with Gasteiger partial charge in [0.05, 0.1) is 23.2 Å². The number of aryl methyl sites for hydroxylation is 2. The number of halogens is 1. The molecule has 0 aliphatic carbocycles. The van der Waals surface area contributed by atoms with E-state index in [4.69, 9.17) is 4.74 Å². The second-order valence-electron chi connectivity index (χ2n) is 6.25. The van der Waals surface area contributed by atoms with Crippen LogP contribution in [0.5, 0.6) is 0 Å². The molecule has 0 bridgehead atoms. The number of benzene rings is 2. The minimum atomic E-state index is -0.131. The van der Waals surface area contributed by atoms with Crippen LogP contribution in [-0.4, -0.2) is 24.2 Å². The third kappa shape index (κ3) is 4.31. The molecule has 6 heteroatoms. The molecule has 1 aromatic heterocycles. The summed E-state index contributed by atoms with van der Waals surface area (Å²) in [6.07, 6.45) is 0.314. The number of thiazole rings is 1. The first kappa shape index (κ1) is 19.0. The van der Waals surface area contributed by atoms with Crippen molar-refractivity contribution < 1.29 is 9.53 Å². The topological polar surface area (TPSA) is 43.6 Å². The minimum Gasteiger partial charge on any atom is -0.383 e. The average molecular weight is 433 g/mol. The second-order valence-corrected chi connectivity index (χ2v) is 8.18. The monoisotopic (exact) mass is 432 g/mol. The van der Waals surface area contributed by atoms with Crippen molar-refractivity contribution in [3.8, 4) is 0 Å². The second kappa shape index (κ2) is 8.29. The van der Waals surface area contributed by atoms with Crippen LogP contribution in [0.4, 0.5) is 0 Å². The Bertz CT molecular complexity index is 1020. The van der Waals surface area contributed by atoms with Crippen LogP contribution >= 0.6 is 27.3 Å². The zero-order chi connectivity index (χ0) is 18.7. The van der Waals surface area contributed by atoms with Crippen molar-refractivity contribution in [2.75, 3.05) is 13.7 Å². The Balaban J connectivity index is 1.98. The molecule has 1 amide bonds. The number of hydrogen-bond donors (Lipinski definition) is 0. The van der Waals surface area contributed by atoms with E-state index in [1.165, 1.54) is 16.9 Å². The van der Waals surface area contributed by atoms with Crippen LogP contribution in [0.1, 0.15) is 16.7 Å². The number of ether oxygens (including phenoxy) is 1. The number of fused-ring (bicyclic) bond motifs is 1. The lowest BCUT2D eigenvalue weighted by Gasteiger charge is -2.05. The van der Waals surface area contributed by atoms with Gasteiger partial charge in [0, 0.05) is 18.1 Å². The molecule has 0 unspecified atom stereocenters. The number of amides is 1. The summed E-state index contributed by atoms with van der Waals surface area (Å²) in [5.41, 5.74) is 4.41. The first-order chi connectivity index (χ1) is 12.5. The van der Waals surface area contributed by atoms with Gasteiger partial charge in [0.25, 0.3) is 5.91 Å². The lowest BCUT2D eigenvalue weighted by Crippen LogP contribution is -2.19.